The Morgan fingerprint density at radius 1 is 1.25 bits per heavy atom. The molecule has 20 heavy (non-hydrogen) atoms. The van der Waals surface area contributed by atoms with Gasteiger partial charge in [0.1, 0.15) is 11.7 Å². The Bertz CT molecular complexity index is 584. The summed E-state index contributed by atoms with van der Waals surface area (Å²) in [6.45, 7) is 2.20. The predicted octanol–water partition coefficient (Wildman–Crippen LogP) is 3.30. The molecule has 1 amide bonds. The molecule has 3 nitrogen and oxygen atoms in total. The van der Waals surface area contributed by atoms with E-state index in [1.165, 1.54) is 17.0 Å². The Morgan fingerprint density at radius 2 is 1.95 bits per heavy atom. The van der Waals surface area contributed by atoms with Gasteiger partial charge in [-0.2, -0.15) is 0 Å². The Labute approximate surface area is 122 Å². The standard InChI is InChI=1S/C15H14ClFN2O/c1-11-2-7-14(9-18-11)19(15(20)8-16)10-12-3-5-13(17)6-4-12/h2-7,9H,8,10H2,1H3. The van der Waals surface area contributed by atoms with Gasteiger partial charge in [0.2, 0.25) is 5.91 Å². The summed E-state index contributed by atoms with van der Waals surface area (Å²) in [7, 11) is 0. The number of rotatable bonds is 4. The molecule has 0 aliphatic rings. The molecule has 1 aromatic carbocycles. The fourth-order valence-electron chi connectivity index (χ4n) is 1.79. The molecule has 0 aliphatic heterocycles. The van der Waals surface area contributed by atoms with Crippen LogP contribution in [0.25, 0.3) is 0 Å². The number of hydrogen-bond donors (Lipinski definition) is 0. The van der Waals surface area contributed by atoms with Crippen LogP contribution in [0.1, 0.15) is 11.3 Å². The Morgan fingerprint density at radius 3 is 2.50 bits per heavy atom. The average molecular weight is 293 g/mol. The first-order chi connectivity index (χ1) is 9.60. The van der Waals surface area contributed by atoms with Gasteiger partial charge >= 0.3 is 0 Å². The molecule has 1 heterocycles. The van der Waals surface area contributed by atoms with Crippen molar-refractivity contribution in [1.29, 1.82) is 0 Å². The topological polar surface area (TPSA) is 33.2 Å². The van der Waals surface area contributed by atoms with Gasteiger partial charge < -0.3 is 4.90 Å². The molecule has 0 bridgehead atoms. The fourth-order valence-corrected chi connectivity index (χ4v) is 1.93. The number of carbonyl (C=O) groups excluding carboxylic acids is 1. The van der Waals surface area contributed by atoms with Gasteiger partial charge in [-0.15, -0.1) is 11.6 Å². The number of pyridine rings is 1. The van der Waals surface area contributed by atoms with E-state index in [4.69, 9.17) is 11.6 Å². The maximum absolute atomic E-state index is 12.9. The molecule has 104 valence electrons. The minimum atomic E-state index is -0.305. The minimum absolute atomic E-state index is 0.116. The highest BCUT2D eigenvalue weighted by Crippen LogP contribution is 2.17. The van der Waals surface area contributed by atoms with Crippen LogP contribution in [0.3, 0.4) is 0 Å². The molecule has 0 spiro atoms. The van der Waals surface area contributed by atoms with Crippen molar-refractivity contribution >= 4 is 23.2 Å². The Kier molecular flexibility index (Phi) is 4.69. The highest BCUT2D eigenvalue weighted by atomic mass is 35.5. The monoisotopic (exact) mass is 292 g/mol. The number of nitrogens with zero attached hydrogens (tertiary/aromatic N) is 2. The summed E-state index contributed by atoms with van der Waals surface area (Å²) in [5, 5.41) is 0. The van der Waals surface area contributed by atoms with Gasteiger partial charge in [0, 0.05) is 5.69 Å². The smallest absolute Gasteiger partial charge is 0.242 e. The molecule has 5 heteroatoms. The lowest BCUT2D eigenvalue weighted by Gasteiger charge is -2.22. The van der Waals surface area contributed by atoms with E-state index in [0.29, 0.717) is 12.2 Å². The summed E-state index contributed by atoms with van der Waals surface area (Å²) in [6, 6.07) is 9.67. The molecule has 0 N–H and O–H groups in total. The van der Waals surface area contributed by atoms with Crippen molar-refractivity contribution < 1.29 is 9.18 Å². The summed E-state index contributed by atoms with van der Waals surface area (Å²) in [5.74, 6) is -0.641. The van der Waals surface area contributed by atoms with E-state index in [0.717, 1.165) is 11.3 Å². The average Bonchev–Trinajstić information content (AvgIpc) is 2.47. The molecule has 0 atom stereocenters. The van der Waals surface area contributed by atoms with Crippen molar-refractivity contribution in [3.63, 3.8) is 0 Å². The third-order valence-electron chi connectivity index (χ3n) is 2.88. The van der Waals surface area contributed by atoms with Crippen LogP contribution in [0.15, 0.2) is 42.6 Å². The van der Waals surface area contributed by atoms with E-state index >= 15 is 0 Å². The van der Waals surface area contributed by atoms with Crippen molar-refractivity contribution in [1.82, 2.24) is 4.98 Å². The fraction of sp³-hybridized carbons (Fsp3) is 0.200. The number of anilines is 1. The third kappa shape index (κ3) is 3.54. The quantitative estimate of drug-likeness (QED) is 0.810. The van der Waals surface area contributed by atoms with E-state index in [1.807, 2.05) is 19.1 Å². The van der Waals surface area contributed by atoms with Crippen LogP contribution >= 0.6 is 11.6 Å². The van der Waals surface area contributed by atoms with Crippen molar-refractivity contribution in [3.8, 4) is 0 Å². The molecule has 2 aromatic rings. The highest BCUT2D eigenvalue weighted by molar-refractivity contribution is 6.29. The zero-order valence-corrected chi connectivity index (χ0v) is 11.8. The number of carbonyl (C=O) groups is 1. The first-order valence-corrected chi connectivity index (χ1v) is 6.67. The zero-order valence-electron chi connectivity index (χ0n) is 11.0. The second-order valence-corrected chi connectivity index (χ2v) is 4.67. The summed E-state index contributed by atoms with van der Waals surface area (Å²) in [5.41, 5.74) is 2.37. The molecule has 2 rings (SSSR count). The first-order valence-electron chi connectivity index (χ1n) is 6.13. The number of alkyl halides is 1. The van der Waals surface area contributed by atoms with Gasteiger partial charge in [0.05, 0.1) is 18.4 Å². The van der Waals surface area contributed by atoms with Crippen LogP contribution in [0.4, 0.5) is 10.1 Å². The van der Waals surface area contributed by atoms with Crippen LogP contribution < -0.4 is 4.90 Å². The summed E-state index contributed by atoms with van der Waals surface area (Å²) < 4.78 is 12.9. The number of aromatic nitrogens is 1. The van der Waals surface area contributed by atoms with Gasteiger partial charge in [-0.1, -0.05) is 12.1 Å². The van der Waals surface area contributed by atoms with Crippen molar-refractivity contribution in [2.45, 2.75) is 13.5 Å². The summed E-state index contributed by atoms with van der Waals surface area (Å²) in [6.07, 6.45) is 1.63. The number of aryl methyl sites for hydroxylation is 1. The SMILES string of the molecule is Cc1ccc(N(Cc2ccc(F)cc2)C(=O)CCl)cn1. The normalized spacial score (nSPS) is 10.3. The van der Waals surface area contributed by atoms with Gasteiger partial charge in [-0.25, -0.2) is 4.39 Å². The highest BCUT2D eigenvalue weighted by Gasteiger charge is 2.15. The minimum Gasteiger partial charge on any atom is -0.305 e. The molecule has 0 saturated carbocycles. The Hall–Kier alpha value is -1.94. The van der Waals surface area contributed by atoms with Gasteiger partial charge in [0.25, 0.3) is 0 Å². The second kappa shape index (κ2) is 6.48. The molecular formula is C15H14ClFN2O. The number of hydrogen-bond acceptors (Lipinski definition) is 2. The molecule has 0 aliphatic carbocycles. The lowest BCUT2D eigenvalue weighted by Crippen LogP contribution is -2.31. The molecule has 1 aromatic heterocycles. The lowest BCUT2D eigenvalue weighted by molar-refractivity contribution is -0.116. The van der Waals surface area contributed by atoms with Gasteiger partial charge in [-0.3, -0.25) is 9.78 Å². The largest absolute Gasteiger partial charge is 0.305 e. The van der Waals surface area contributed by atoms with Crippen molar-refractivity contribution in [2.75, 3.05) is 10.8 Å². The van der Waals surface area contributed by atoms with Crippen LogP contribution in [0.5, 0.6) is 0 Å². The number of benzene rings is 1. The molecule has 0 radical (unpaired) electrons. The second-order valence-electron chi connectivity index (χ2n) is 4.40. The molecule has 0 saturated heterocycles. The number of amides is 1. The summed E-state index contributed by atoms with van der Waals surface area (Å²) >= 11 is 5.65. The number of halogens is 2. The maximum atomic E-state index is 12.9. The predicted molar refractivity (Wildman–Crippen MR) is 77.3 cm³/mol. The van der Waals surface area contributed by atoms with E-state index in [1.54, 1.807) is 18.3 Å². The van der Waals surface area contributed by atoms with E-state index in [-0.39, 0.29) is 17.6 Å². The molecular weight excluding hydrogens is 279 g/mol. The van der Waals surface area contributed by atoms with Crippen molar-refractivity contribution in [3.05, 3.63) is 59.7 Å². The van der Waals surface area contributed by atoms with E-state index in [9.17, 15) is 9.18 Å². The van der Waals surface area contributed by atoms with Crippen LogP contribution in [-0.2, 0) is 11.3 Å². The zero-order chi connectivity index (χ0) is 14.5. The molecule has 0 unspecified atom stereocenters. The van der Waals surface area contributed by atoms with E-state index < -0.39 is 0 Å². The van der Waals surface area contributed by atoms with Gasteiger partial charge in [0.15, 0.2) is 0 Å². The Balaban J connectivity index is 2.26. The maximum Gasteiger partial charge on any atom is 0.242 e. The lowest BCUT2D eigenvalue weighted by atomic mass is 10.2. The van der Waals surface area contributed by atoms with Crippen LogP contribution in [-0.4, -0.2) is 16.8 Å². The van der Waals surface area contributed by atoms with Crippen LogP contribution in [0, 0.1) is 12.7 Å². The van der Waals surface area contributed by atoms with E-state index in [2.05, 4.69) is 4.98 Å². The van der Waals surface area contributed by atoms with Gasteiger partial charge in [-0.05, 0) is 36.8 Å². The summed E-state index contributed by atoms with van der Waals surface area (Å²) in [4.78, 5) is 17.7. The van der Waals surface area contributed by atoms with Crippen molar-refractivity contribution in [2.24, 2.45) is 0 Å². The molecule has 0 fully saturated rings. The van der Waals surface area contributed by atoms with Crippen LogP contribution in [0.2, 0.25) is 0 Å². The third-order valence-corrected chi connectivity index (χ3v) is 3.11. The first kappa shape index (κ1) is 14.5.